The van der Waals surface area contributed by atoms with Gasteiger partial charge in [0.1, 0.15) is 0 Å². The number of rotatable bonds is 1. The van der Waals surface area contributed by atoms with Crippen molar-refractivity contribution >= 4 is 0 Å². The smallest absolute Gasteiger partial charge is 0.0610 e. The van der Waals surface area contributed by atoms with Gasteiger partial charge in [0.2, 0.25) is 0 Å². The summed E-state index contributed by atoms with van der Waals surface area (Å²) in [4.78, 5) is 0. The topological polar surface area (TPSA) is 18.5 Å². The Hall–Kier alpha value is -0.0800. The average molecular weight is 503 g/mol. The minimum Gasteiger partial charge on any atom is -0.378 e. The van der Waals surface area contributed by atoms with Crippen LogP contribution in [0.15, 0.2) is 0 Å². The molecule has 0 bridgehead atoms. The lowest BCUT2D eigenvalue weighted by Crippen LogP contribution is -2.53. The zero-order chi connectivity index (χ0) is 25.5. The summed E-state index contributed by atoms with van der Waals surface area (Å²) >= 11 is 0. The van der Waals surface area contributed by atoms with Gasteiger partial charge in [0, 0.05) is 5.92 Å². The highest BCUT2D eigenvalue weighted by Crippen LogP contribution is 2.56. The largest absolute Gasteiger partial charge is 0.378 e. The Kier molecular flexibility index (Phi) is 11.5. The molecule has 1 saturated heterocycles. The maximum atomic E-state index is 7.06. The number of hydrogen-bond donors (Lipinski definition) is 0. The maximum Gasteiger partial charge on any atom is 0.0610 e. The first-order valence-electron chi connectivity index (χ1n) is 17.0. The van der Waals surface area contributed by atoms with E-state index in [0.717, 1.165) is 60.6 Å². The normalized spacial score (nSPS) is 46.8. The highest BCUT2D eigenvalue weighted by Gasteiger charge is 2.53. The molecule has 36 heavy (non-hydrogen) atoms. The lowest BCUT2D eigenvalue weighted by atomic mass is 9.53. The zero-order valence-electron chi connectivity index (χ0n) is 24.9. The van der Waals surface area contributed by atoms with Crippen LogP contribution in [-0.4, -0.2) is 25.4 Å². The van der Waals surface area contributed by atoms with E-state index in [-0.39, 0.29) is 0 Å². The predicted molar refractivity (Wildman–Crippen MR) is 153 cm³/mol. The molecule has 1 aliphatic heterocycles. The van der Waals surface area contributed by atoms with E-state index in [1.807, 2.05) is 27.7 Å². The third-order valence-corrected chi connectivity index (χ3v) is 11.6. The van der Waals surface area contributed by atoms with Crippen molar-refractivity contribution in [1.29, 1.82) is 0 Å². The Balaban J connectivity index is 0.000000726. The van der Waals surface area contributed by atoms with E-state index in [1.54, 1.807) is 0 Å². The molecule has 6 rings (SSSR count). The van der Waals surface area contributed by atoms with Crippen molar-refractivity contribution in [1.82, 2.24) is 0 Å². The molecule has 8 atom stereocenters. The molecule has 210 valence electrons. The molecule has 6 aliphatic rings. The summed E-state index contributed by atoms with van der Waals surface area (Å²) in [6.07, 6.45) is 24.2. The molecule has 0 radical (unpaired) electrons. The van der Waals surface area contributed by atoms with E-state index in [4.69, 9.17) is 9.47 Å². The Bertz CT molecular complexity index is 568. The van der Waals surface area contributed by atoms with E-state index in [2.05, 4.69) is 6.92 Å². The number of fused-ring (bicyclic) bond motifs is 7. The molecule has 2 heteroatoms. The fraction of sp³-hybridized carbons (Fsp3) is 1.00. The van der Waals surface area contributed by atoms with Gasteiger partial charge in [0.15, 0.2) is 0 Å². The highest BCUT2D eigenvalue weighted by atomic mass is 16.5. The van der Waals surface area contributed by atoms with Gasteiger partial charge in [-0.25, -0.2) is 0 Å². The van der Waals surface area contributed by atoms with Crippen molar-refractivity contribution in [3.05, 3.63) is 0 Å². The van der Waals surface area contributed by atoms with Crippen LogP contribution < -0.4 is 0 Å². The predicted octanol–water partition coefficient (Wildman–Crippen LogP) is 9.70. The molecule has 0 amide bonds. The van der Waals surface area contributed by atoms with E-state index < -0.39 is 0 Å². The van der Waals surface area contributed by atoms with E-state index in [1.165, 1.54) is 103 Å². The van der Waals surface area contributed by atoms with E-state index in [9.17, 15) is 0 Å². The van der Waals surface area contributed by atoms with Gasteiger partial charge < -0.3 is 9.47 Å². The van der Waals surface area contributed by atoms with Gasteiger partial charge in [-0.15, -0.1) is 0 Å². The first kappa shape index (κ1) is 28.9. The van der Waals surface area contributed by atoms with Crippen LogP contribution in [0, 0.1) is 53.3 Å². The van der Waals surface area contributed by atoms with Crippen molar-refractivity contribution in [2.24, 2.45) is 53.3 Å². The molecule has 0 N–H and O–H groups in total. The van der Waals surface area contributed by atoms with Gasteiger partial charge in [-0.1, -0.05) is 86.0 Å². The van der Waals surface area contributed by atoms with Crippen LogP contribution in [0.4, 0.5) is 0 Å². The number of hydrogen-bond acceptors (Lipinski definition) is 2. The van der Waals surface area contributed by atoms with E-state index >= 15 is 0 Å². The monoisotopic (exact) mass is 502 g/mol. The Morgan fingerprint density at radius 2 is 0.833 bits per heavy atom. The standard InChI is InChI=1S/C30H50O2.2C2H6/c1-20-10-12-21(13-11-20)24-18-31-27-16-14-22-6-2-4-8-25(22)29(27)30-26-9-5-3-7-23(26)15-17-28(30)32-19-24;2*1-2/h20-30H,2-19H2,1H3;2*1-2H3. The van der Waals surface area contributed by atoms with Gasteiger partial charge in [-0.2, -0.15) is 0 Å². The highest BCUT2D eigenvalue weighted by molar-refractivity contribution is 5.02. The first-order valence-corrected chi connectivity index (χ1v) is 17.0. The van der Waals surface area contributed by atoms with Gasteiger partial charge in [-0.3, -0.25) is 0 Å². The fourth-order valence-corrected chi connectivity index (χ4v) is 9.92. The fourth-order valence-electron chi connectivity index (χ4n) is 9.92. The van der Waals surface area contributed by atoms with Crippen LogP contribution in [0.25, 0.3) is 0 Å². The zero-order valence-corrected chi connectivity index (χ0v) is 24.9. The quantitative estimate of drug-likeness (QED) is 0.355. The van der Waals surface area contributed by atoms with Crippen molar-refractivity contribution in [2.75, 3.05) is 13.2 Å². The summed E-state index contributed by atoms with van der Waals surface area (Å²) in [6, 6.07) is 0. The maximum absolute atomic E-state index is 7.06. The van der Waals surface area contributed by atoms with Crippen LogP contribution in [0.2, 0.25) is 0 Å². The molecular formula is C34H62O2. The van der Waals surface area contributed by atoms with E-state index in [0.29, 0.717) is 18.1 Å². The average Bonchev–Trinajstić information content (AvgIpc) is 3.03. The molecule has 2 nitrogen and oxygen atoms in total. The van der Waals surface area contributed by atoms with Crippen LogP contribution in [0.1, 0.15) is 137 Å². The lowest BCUT2D eigenvalue weighted by Gasteiger charge is -2.55. The van der Waals surface area contributed by atoms with Gasteiger partial charge in [-0.05, 0) is 98.7 Å². The third-order valence-electron chi connectivity index (χ3n) is 11.6. The molecule has 0 spiro atoms. The van der Waals surface area contributed by atoms with Crippen molar-refractivity contribution in [3.63, 3.8) is 0 Å². The minimum absolute atomic E-state index is 0.536. The summed E-state index contributed by atoms with van der Waals surface area (Å²) in [5.41, 5.74) is 0. The lowest BCUT2D eigenvalue weighted by molar-refractivity contribution is -0.140. The van der Waals surface area contributed by atoms with Crippen LogP contribution in [-0.2, 0) is 9.47 Å². The van der Waals surface area contributed by atoms with Crippen LogP contribution in [0.5, 0.6) is 0 Å². The van der Waals surface area contributed by atoms with Gasteiger partial charge >= 0.3 is 0 Å². The van der Waals surface area contributed by atoms with Gasteiger partial charge in [0.05, 0.1) is 25.4 Å². The number of ether oxygens (including phenoxy) is 2. The second-order valence-corrected chi connectivity index (χ2v) is 13.2. The molecule has 0 aromatic heterocycles. The molecule has 8 unspecified atom stereocenters. The molecule has 5 aliphatic carbocycles. The molecule has 0 aromatic carbocycles. The Morgan fingerprint density at radius 1 is 0.417 bits per heavy atom. The Labute approximate surface area is 225 Å². The summed E-state index contributed by atoms with van der Waals surface area (Å²) in [5, 5.41) is 0. The minimum atomic E-state index is 0.536. The summed E-state index contributed by atoms with van der Waals surface area (Å²) < 4.78 is 14.1. The van der Waals surface area contributed by atoms with Crippen LogP contribution in [0.3, 0.4) is 0 Å². The second kappa shape index (κ2) is 14.3. The molecular weight excluding hydrogens is 440 g/mol. The third kappa shape index (κ3) is 6.38. The van der Waals surface area contributed by atoms with Crippen molar-refractivity contribution in [3.8, 4) is 0 Å². The SMILES string of the molecule is CC.CC.CC1CCC(C2COC3CCC4CCCCC4C3C3C(CCC4CCCCC43)OC2)CC1. The van der Waals surface area contributed by atoms with Crippen molar-refractivity contribution < 1.29 is 9.47 Å². The van der Waals surface area contributed by atoms with Crippen molar-refractivity contribution in [2.45, 2.75) is 150 Å². The van der Waals surface area contributed by atoms with Crippen LogP contribution >= 0.6 is 0 Å². The first-order chi connectivity index (χ1) is 17.8. The van der Waals surface area contributed by atoms with Gasteiger partial charge in [0.25, 0.3) is 0 Å². The molecule has 1 heterocycles. The molecule has 0 aromatic rings. The second-order valence-electron chi connectivity index (χ2n) is 13.2. The summed E-state index contributed by atoms with van der Waals surface area (Å²) in [5.74, 6) is 7.89. The Morgan fingerprint density at radius 3 is 1.31 bits per heavy atom. The summed E-state index contributed by atoms with van der Waals surface area (Å²) in [6.45, 7) is 12.4. The molecule has 6 fully saturated rings. The summed E-state index contributed by atoms with van der Waals surface area (Å²) in [7, 11) is 0. The molecule has 5 saturated carbocycles.